The van der Waals surface area contributed by atoms with E-state index in [1.54, 1.807) is 36.4 Å². The second kappa shape index (κ2) is 9.24. The number of hydrogen-bond acceptors (Lipinski definition) is 6. The van der Waals surface area contributed by atoms with Gasteiger partial charge in [0.25, 0.3) is 20.0 Å². The van der Waals surface area contributed by atoms with Crippen molar-refractivity contribution >= 4 is 42.2 Å². The van der Waals surface area contributed by atoms with Crippen LogP contribution < -0.4 is 18.9 Å². The minimum absolute atomic E-state index is 0.0152. The first-order valence-electron chi connectivity index (χ1n) is 10.1. The third-order valence-corrected chi connectivity index (χ3v) is 7.83. The van der Waals surface area contributed by atoms with Gasteiger partial charge in [0.2, 0.25) is 0 Å². The average molecular weight is 499 g/mol. The number of methoxy groups -OCH3 is 2. The molecular formula is C24H22N2O6S2. The van der Waals surface area contributed by atoms with Crippen molar-refractivity contribution in [2.45, 2.75) is 9.79 Å². The van der Waals surface area contributed by atoms with Gasteiger partial charge in [0.1, 0.15) is 11.5 Å². The topological polar surface area (TPSA) is 111 Å². The standard InChI is InChI=1S/C24H22N2O6S2/c1-31-23-10-6-5-9-21(23)25-34(29,30)20-13-14-24(32-2)22(16-20)26-33(27,28)19-12-11-17-7-3-4-8-18(17)15-19/h3-16,25-26H,1-2H3. The zero-order valence-electron chi connectivity index (χ0n) is 18.3. The summed E-state index contributed by atoms with van der Waals surface area (Å²) in [6, 6.07) is 22.6. The molecule has 0 fully saturated rings. The van der Waals surface area contributed by atoms with Crippen LogP contribution in [0.1, 0.15) is 0 Å². The van der Waals surface area contributed by atoms with Crippen LogP contribution in [0.5, 0.6) is 11.5 Å². The molecule has 0 aliphatic heterocycles. The van der Waals surface area contributed by atoms with Crippen LogP contribution in [0.25, 0.3) is 10.8 Å². The summed E-state index contributed by atoms with van der Waals surface area (Å²) in [6.07, 6.45) is 0. The molecule has 0 radical (unpaired) electrons. The molecule has 10 heteroatoms. The van der Waals surface area contributed by atoms with Crippen LogP contribution in [-0.4, -0.2) is 31.1 Å². The van der Waals surface area contributed by atoms with Gasteiger partial charge in [0.05, 0.1) is 35.4 Å². The van der Waals surface area contributed by atoms with Gasteiger partial charge in [0.15, 0.2) is 0 Å². The average Bonchev–Trinajstić information content (AvgIpc) is 2.83. The van der Waals surface area contributed by atoms with Crippen LogP contribution in [0.2, 0.25) is 0 Å². The Bertz CT molecular complexity index is 1570. The Morgan fingerprint density at radius 1 is 0.559 bits per heavy atom. The van der Waals surface area contributed by atoms with Crippen LogP contribution in [0.3, 0.4) is 0 Å². The van der Waals surface area contributed by atoms with Gasteiger partial charge in [0, 0.05) is 0 Å². The van der Waals surface area contributed by atoms with Crippen molar-refractivity contribution in [2.75, 3.05) is 23.7 Å². The Morgan fingerprint density at radius 2 is 1.09 bits per heavy atom. The van der Waals surface area contributed by atoms with Crippen molar-refractivity contribution in [3.63, 3.8) is 0 Å². The number of rotatable bonds is 8. The molecule has 0 aromatic heterocycles. The number of benzene rings is 4. The maximum absolute atomic E-state index is 13.1. The van der Waals surface area contributed by atoms with E-state index in [4.69, 9.17) is 9.47 Å². The van der Waals surface area contributed by atoms with Gasteiger partial charge >= 0.3 is 0 Å². The van der Waals surface area contributed by atoms with E-state index in [9.17, 15) is 16.8 Å². The van der Waals surface area contributed by atoms with Gasteiger partial charge < -0.3 is 9.47 Å². The van der Waals surface area contributed by atoms with Gasteiger partial charge in [-0.25, -0.2) is 16.8 Å². The molecule has 4 aromatic carbocycles. The van der Waals surface area contributed by atoms with Crippen molar-refractivity contribution in [2.24, 2.45) is 0 Å². The van der Waals surface area contributed by atoms with E-state index in [0.717, 1.165) is 10.8 Å². The van der Waals surface area contributed by atoms with Crippen molar-refractivity contribution in [1.82, 2.24) is 0 Å². The van der Waals surface area contributed by atoms with Gasteiger partial charge in [-0.05, 0) is 53.2 Å². The quantitative estimate of drug-likeness (QED) is 0.371. The number of para-hydroxylation sites is 2. The summed E-state index contributed by atoms with van der Waals surface area (Å²) in [6.45, 7) is 0. The molecule has 0 bridgehead atoms. The first kappa shape index (κ1) is 23.4. The van der Waals surface area contributed by atoms with Crippen molar-refractivity contribution in [1.29, 1.82) is 0 Å². The summed E-state index contributed by atoms with van der Waals surface area (Å²) < 4.78 is 67.6. The summed E-state index contributed by atoms with van der Waals surface area (Å²) in [5.74, 6) is 0.512. The Labute approximate surface area is 198 Å². The number of anilines is 2. The van der Waals surface area contributed by atoms with Gasteiger partial charge in [-0.15, -0.1) is 0 Å². The molecule has 176 valence electrons. The molecule has 0 aliphatic carbocycles. The fourth-order valence-electron chi connectivity index (χ4n) is 3.40. The third kappa shape index (κ3) is 4.78. The summed E-state index contributed by atoms with van der Waals surface area (Å²) >= 11 is 0. The van der Waals surface area contributed by atoms with E-state index >= 15 is 0 Å². The number of ether oxygens (including phenoxy) is 2. The summed E-state index contributed by atoms with van der Waals surface area (Å²) in [5, 5.41) is 1.66. The van der Waals surface area contributed by atoms with E-state index in [0.29, 0.717) is 5.75 Å². The SMILES string of the molecule is COc1ccccc1NS(=O)(=O)c1ccc(OC)c(NS(=O)(=O)c2ccc3ccccc3c2)c1. The van der Waals surface area contributed by atoms with E-state index in [1.165, 1.54) is 38.5 Å². The minimum atomic E-state index is -4.06. The molecule has 4 aromatic rings. The molecule has 0 heterocycles. The summed E-state index contributed by atoms with van der Waals surface area (Å²) in [4.78, 5) is -0.121. The highest BCUT2D eigenvalue weighted by atomic mass is 32.2. The van der Waals surface area contributed by atoms with Gasteiger partial charge in [-0.1, -0.05) is 42.5 Å². The second-order valence-electron chi connectivity index (χ2n) is 7.28. The number of nitrogens with one attached hydrogen (secondary N) is 2. The molecular weight excluding hydrogens is 476 g/mol. The zero-order chi connectivity index (χ0) is 24.3. The first-order valence-corrected chi connectivity index (χ1v) is 13.1. The number of sulfonamides is 2. The third-order valence-electron chi connectivity index (χ3n) is 5.11. The highest BCUT2D eigenvalue weighted by Crippen LogP contribution is 2.32. The maximum Gasteiger partial charge on any atom is 0.262 e. The lowest BCUT2D eigenvalue weighted by Crippen LogP contribution is -2.16. The van der Waals surface area contributed by atoms with Crippen LogP contribution >= 0.6 is 0 Å². The molecule has 0 saturated heterocycles. The van der Waals surface area contributed by atoms with Crippen molar-refractivity contribution in [3.8, 4) is 11.5 Å². The van der Waals surface area contributed by atoms with Crippen LogP contribution in [0, 0.1) is 0 Å². The number of hydrogen-bond donors (Lipinski definition) is 2. The monoisotopic (exact) mass is 498 g/mol. The van der Waals surface area contributed by atoms with Crippen molar-refractivity contribution < 1.29 is 26.3 Å². The Hall–Kier alpha value is -3.76. The maximum atomic E-state index is 13.1. The van der Waals surface area contributed by atoms with E-state index < -0.39 is 20.0 Å². The first-order chi connectivity index (χ1) is 16.2. The summed E-state index contributed by atoms with van der Waals surface area (Å²) in [7, 11) is -5.30. The molecule has 2 N–H and O–H groups in total. The molecule has 0 saturated carbocycles. The fraction of sp³-hybridized carbons (Fsp3) is 0.0833. The fourth-order valence-corrected chi connectivity index (χ4v) is 5.60. The molecule has 0 spiro atoms. The Kier molecular flexibility index (Phi) is 6.36. The normalized spacial score (nSPS) is 11.7. The highest BCUT2D eigenvalue weighted by Gasteiger charge is 2.22. The molecule has 0 unspecified atom stereocenters. The Morgan fingerprint density at radius 3 is 1.79 bits per heavy atom. The minimum Gasteiger partial charge on any atom is -0.495 e. The van der Waals surface area contributed by atoms with E-state index in [1.807, 2.05) is 24.3 Å². The van der Waals surface area contributed by atoms with E-state index in [-0.39, 0.29) is 26.9 Å². The van der Waals surface area contributed by atoms with E-state index in [2.05, 4.69) is 9.44 Å². The van der Waals surface area contributed by atoms with Gasteiger partial charge in [-0.2, -0.15) is 0 Å². The predicted molar refractivity (Wildman–Crippen MR) is 132 cm³/mol. The molecule has 0 amide bonds. The van der Waals surface area contributed by atoms with Crippen LogP contribution in [0.15, 0.2) is 94.7 Å². The highest BCUT2D eigenvalue weighted by molar-refractivity contribution is 7.93. The lowest BCUT2D eigenvalue weighted by atomic mass is 10.1. The second-order valence-corrected chi connectivity index (χ2v) is 10.6. The zero-order valence-corrected chi connectivity index (χ0v) is 20.0. The molecule has 0 atom stereocenters. The van der Waals surface area contributed by atoms with Crippen LogP contribution in [0.4, 0.5) is 11.4 Å². The largest absolute Gasteiger partial charge is 0.495 e. The number of fused-ring (bicyclic) bond motifs is 1. The van der Waals surface area contributed by atoms with Crippen molar-refractivity contribution in [3.05, 3.63) is 84.9 Å². The molecule has 8 nitrogen and oxygen atoms in total. The van der Waals surface area contributed by atoms with Gasteiger partial charge in [-0.3, -0.25) is 9.44 Å². The molecule has 34 heavy (non-hydrogen) atoms. The molecule has 4 rings (SSSR count). The van der Waals surface area contributed by atoms with Crippen LogP contribution in [-0.2, 0) is 20.0 Å². The lowest BCUT2D eigenvalue weighted by Gasteiger charge is -2.15. The summed E-state index contributed by atoms with van der Waals surface area (Å²) in [5.41, 5.74) is 0.234. The molecule has 0 aliphatic rings. The lowest BCUT2D eigenvalue weighted by molar-refractivity contribution is 0.416. The predicted octanol–water partition coefficient (Wildman–Crippen LogP) is 4.46. The Balaban J connectivity index is 1.69. The smallest absolute Gasteiger partial charge is 0.262 e.